The number of likely N-dealkylation sites (tertiary alicyclic amines) is 1. The Hall–Kier alpha value is -0.910. The van der Waals surface area contributed by atoms with Crippen LogP contribution in [0.25, 0.3) is 0 Å². The van der Waals surface area contributed by atoms with E-state index < -0.39 is 0 Å². The van der Waals surface area contributed by atoms with E-state index in [-0.39, 0.29) is 25.9 Å². The minimum atomic E-state index is -0.0931. The molecule has 5 nitrogen and oxygen atoms in total. The van der Waals surface area contributed by atoms with E-state index in [1.54, 1.807) is 0 Å². The lowest BCUT2D eigenvalue weighted by Gasteiger charge is -2.37. The van der Waals surface area contributed by atoms with E-state index in [1.807, 2.05) is 6.08 Å². The van der Waals surface area contributed by atoms with Gasteiger partial charge in [0.15, 0.2) is 0 Å². The second-order valence-corrected chi connectivity index (χ2v) is 4.86. The van der Waals surface area contributed by atoms with E-state index in [9.17, 15) is 10.0 Å². The van der Waals surface area contributed by atoms with Gasteiger partial charge in [-0.1, -0.05) is 20.4 Å². The van der Waals surface area contributed by atoms with Crippen LogP contribution in [0, 0.1) is 0 Å². The molecule has 0 saturated carbocycles. The first-order valence-electron chi connectivity index (χ1n) is 6.63. The Kier molecular flexibility index (Phi) is 8.63. The number of amides is 1. The maximum Gasteiger partial charge on any atom is 0.236 e. The summed E-state index contributed by atoms with van der Waals surface area (Å²) in [4.78, 5) is 13.2. The highest BCUT2D eigenvalue weighted by Gasteiger charge is 2.36. The zero-order valence-electron chi connectivity index (χ0n) is 11.4. The number of piperazine rings is 1. The zero-order valence-corrected chi connectivity index (χ0v) is 11.4. The first-order valence-corrected chi connectivity index (χ1v) is 6.63. The number of rotatable bonds is 2. The highest BCUT2D eigenvalue weighted by Crippen LogP contribution is 2.21. The van der Waals surface area contributed by atoms with Crippen molar-refractivity contribution in [2.75, 3.05) is 26.7 Å². The largest absolute Gasteiger partial charge is 0.353 e. The molecule has 0 aromatic heterocycles. The molecule has 2 heterocycles. The van der Waals surface area contributed by atoms with Crippen molar-refractivity contribution in [2.45, 2.75) is 45.7 Å². The molecule has 2 rings (SSSR count). The molecule has 2 N–H and O–H groups in total. The molecule has 0 radical (unpaired) electrons. The fourth-order valence-electron chi connectivity index (χ4n) is 2.40. The summed E-state index contributed by atoms with van der Waals surface area (Å²) in [6, 6.07) is 0.431. The molecular weight excluding hydrogens is 242 g/mol. The number of hydroxylamine groups is 2. The van der Waals surface area contributed by atoms with Crippen LogP contribution in [0.15, 0.2) is 12.7 Å². The summed E-state index contributed by atoms with van der Waals surface area (Å²) in [6.07, 6.45) is 5.24. The first kappa shape index (κ1) is 18.1. The number of carbonyl (C=O) groups excluding carboxylic acids is 1. The fourth-order valence-corrected chi connectivity index (χ4v) is 2.40. The Morgan fingerprint density at radius 1 is 1.53 bits per heavy atom. The molecule has 2 aliphatic heterocycles. The van der Waals surface area contributed by atoms with Crippen molar-refractivity contribution in [1.29, 1.82) is 0 Å². The standard InChI is InChI=1S/C9H17N3O2.C4H8.CH4/c1-11-4-2-3-7(11)8-5-10-9(13)6-12(8)14;1-3-4-2;/h7-8,14H,2-6H2,1H3,(H,10,13);3H,1,4H2,2H3;1H4. The Morgan fingerprint density at radius 2 is 2.16 bits per heavy atom. The van der Waals surface area contributed by atoms with Gasteiger partial charge in [-0.05, 0) is 32.9 Å². The predicted molar refractivity (Wildman–Crippen MR) is 78.2 cm³/mol. The van der Waals surface area contributed by atoms with Crippen molar-refractivity contribution in [2.24, 2.45) is 0 Å². The molecular formula is C14H29N3O2. The molecule has 2 saturated heterocycles. The van der Waals surface area contributed by atoms with E-state index in [1.165, 1.54) is 11.5 Å². The van der Waals surface area contributed by atoms with Crippen molar-refractivity contribution in [3.05, 3.63) is 12.7 Å². The Bertz CT molecular complexity index is 284. The molecule has 19 heavy (non-hydrogen) atoms. The van der Waals surface area contributed by atoms with Crippen molar-refractivity contribution < 1.29 is 10.0 Å². The molecule has 112 valence electrons. The van der Waals surface area contributed by atoms with Gasteiger partial charge in [0.25, 0.3) is 0 Å². The predicted octanol–water partition coefficient (Wildman–Crippen LogP) is 1.49. The summed E-state index contributed by atoms with van der Waals surface area (Å²) in [5.74, 6) is -0.0931. The molecule has 0 aromatic carbocycles. The molecule has 0 bridgehead atoms. The van der Waals surface area contributed by atoms with E-state index in [2.05, 4.69) is 30.8 Å². The van der Waals surface area contributed by atoms with Gasteiger partial charge in [-0.3, -0.25) is 4.79 Å². The number of hydrogen-bond donors (Lipinski definition) is 2. The molecule has 2 aliphatic rings. The monoisotopic (exact) mass is 271 g/mol. The first-order chi connectivity index (χ1) is 8.60. The molecule has 0 spiro atoms. The van der Waals surface area contributed by atoms with Crippen LogP contribution in [-0.4, -0.2) is 59.8 Å². The van der Waals surface area contributed by atoms with E-state index in [0.717, 1.165) is 19.4 Å². The van der Waals surface area contributed by atoms with E-state index in [0.29, 0.717) is 12.6 Å². The van der Waals surface area contributed by atoms with Gasteiger partial charge in [-0.15, -0.1) is 6.58 Å². The van der Waals surface area contributed by atoms with E-state index >= 15 is 0 Å². The summed E-state index contributed by atoms with van der Waals surface area (Å²) in [7, 11) is 2.07. The third kappa shape index (κ3) is 5.30. The van der Waals surface area contributed by atoms with Gasteiger partial charge in [0.2, 0.25) is 5.91 Å². The maximum absolute atomic E-state index is 11.0. The number of allylic oxidation sites excluding steroid dienone is 1. The number of carbonyl (C=O) groups is 1. The normalized spacial score (nSPS) is 27.8. The Morgan fingerprint density at radius 3 is 2.58 bits per heavy atom. The van der Waals surface area contributed by atoms with Gasteiger partial charge in [0, 0.05) is 12.6 Å². The third-order valence-corrected chi connectivity index (χ3v) is 3.51. The van der Waals surface area contributed by atoms with Crippen molar-refractivity contribution in [1.82, 2.24) is 15.3 Å². The SMILES string of the molecule is C.C=CCC.CN1CCCC1C1CNC(=O)CN1O. The van der Waals surface area contributed by atoms with Crippen LogP contribution in [-0.2, 0) is 4.79 Å². The van der Waals surface area contributed by atoms with Gasteiger partial charge < -0.3 is 15.4 Å². The van der Waals surface area contributed by atoms with Crippen LogP contribution >= 0.6 is 0 Å². The molecule has 2 fully saturated rings. The minimum absolute atomic E-state index is 0. The zero-order chi connectivity index (χ0) is 13.5. The topological polar surface area (TPSA) is 55.8 Å². The molecule has 2 atom stereocenters. The highest BCUT2D eigenvalue weighted by molar-refractivity contribution is 5.78. The lowest BCUT2D eigenvalue weighted by Crippen LogP contribution is -2.59. The third-order valence-electron chi connectivity index (χ3n) is 3.51. The van der Waals surface area contributed by atoms with Gasteiger partial charge in [0.05, 0.1) is 6.04 Å². The van der Waals surface area contributed by atoms with Crippen LogP contribution in [0.2, 0.25) is 0 Å². The van der Waals surface area contributed by atoms with Crippen molar-refractivity contribution >= 4 is 5.91 Å². The average Bonchev–Trinajstić information content (AvgIpc) is 2.76. The van der Waals surface area contributed by atoms with Gasteiger partial charge in [-0.25, -0.2) is 0 Å². The molecule has 0 aromatic rings. The number of hydrogen-bond acceptors (Lipinski definition) is 4. The quantitative estimate of drug-likeness (QED) is 0.747. The van der Waals surface area contributed by atoms with Crippen LogP contribution in [0.4, 0.5) is 0 Å². The number of nitrogens with zero attached hydrogens (tertiary/aromatic N) is 2. The van der Waals surface area contributed by atoms with Crippen LogP contribution in [0.1, 0.15) is 33.6 Å². The van der Waals surface area contributed by atoms with Crippen LogP contribution in [0.3, 0.4) is 0 Å². The van der Waals surface area contributed by atoms with Crippen molar-refractivity contribution in [3.8, 4) is 0 Å². The Balaban J connectivity index is 0.000000576. The van der Waals surface area contributed by atoms with Crippen molar-refractivity contribution in [3.63, 3.8) is 0 Å². The van der Waals surface area contributed by atoms with Gasteiger partial charge >= 0.3 is 0 Å². The lowest BCUT2D eigenvalue weighted by molar-refractivity contribution is -0.167. The maximum atomic E-state index is 11.0. The summed E-state index contributed by atoms with van der Waals surface area (Å²) in [6.45, 7) is 7.29. The van der Waals surface area contributed by atoms with Crippen LogP contribution < -0.4 is 5.32 Å². The second-order valence-electron chi connectivity index (χ2n) is 4.86. The minimum Gasteiger partial charge on any atom is -0.353 e. The van der Waals surface area contributed by atoms with Gasteiger partial charge in [-0.2, -0.15) is 5.06 Å². The summed E-state index contributed by atoms with van der Waals surface area (Å²) in [5, 5.41) is 13.6. The van der Waals surface area contributed by atoms with Crippen LogP contribution in [0.5, 0.6) is 0 Å². The van der Waals surface area contributed by atoms with Gasteiger partial charge in [0.1, 0.15) is 6.54 Å². The molecule has 2 unspecified atom stereocenters. The lowest BCUT2D eigenvalue weighted by atomic mass is 10.0. The molecule has 0 aliphatic carbocycles. The summed E-state index contributed by atoms with van der Waals surface area (Å²) in [5.41, 5.74) is 0. The summed E-state index contributed by atoms with van der Waals surface area (Å²) >= 11 is 0. The van der Waals surface area contributed by atoms with E-state index in [4.69, 9.17) is 0 Å². The Labute approximate surface area is 117 Å². The molecule has 1 amide bonds. The molecule has 5 heteroatoms. The number of nitrogens with one attached hydrogen (secondary N) is 1. The summed E-state index contributed by atoms with van der Waals surface area (Å²) < 4.78 is 0. The smallest absolute Gasteiger partial charge is 0.236 e. The second kappa shape index (κ2) is 9.07. The average molecular weight is 271 g/mol. The number of likely N-dealkylation sites (N-methyl/N-ethyl adjacent to an activating group) is 1. The fraction of sp³-hybridized carbons (Fsp3) is 0.786. The highest BCUT2D eigenvalue weighted by atomic mass is 16.5.